The van der Waals surface area contributed by atoms with Gasteiger partial charge in [0.15, 0.2) is 0 Å². The second-order valence-corrected chi connectivity index (χ2v) is 7.38. The van der Waals surface area contributed by atoms with E-state index in [-0.39, 0.29) is 4.08 Å². The van der Waals surface area contributed by atoms with Gasteiger partial charge in [0.05, 0.1) is 4.08 Å². The molecule has 0 aliphatic heterocycles. The third-order valence-corrected chi connectivity index (χ3v) is 5.56. The molecule has 70 valence electrons. The monoisotopic (exact) mass is 202 g/mol. The average Bonchev–Trinajstić information content (AvgIpc) is 2.08. The van der Waals surface area contributed by atoms with Crippen LogP contribution in [0.2, 0.25) is 0 Å². The molecule has 2 saturated carbocycles. The fourth-order valence-electron chi connectivity index (χ4n) is 3.39. The highest BCUT2D eigenvalue weighted by molar-refractivity contribution is 8.00. The molecule has 0 N–H and O–H groups in total. The molecule has 2 atom stereocenters. The summed E-state index contributed by atoms with van der Waals surface area (Å²) in [6, 6.07) is 0. The lowest BCUT2D eigenvalue weighted by Crippen LogP contribution is -2.27. The minimum absolute atomic E-state index is 0.00347. The van der Waals surface area contributed by atoms with E-state index in [1.807, 2.05) is 0 Å². The highest BCUT2D eigenvalue weighted by Gasteiger charge is 2.64. The molecule has 0 aromatic carbocycles. The third kappa shape index (κ3) is 0.886. The maximum absolute atomic E-state index is 4.69. The number of hydrogen-bond acceptors (Lipinski definition) is 2. The van der Waals surface area contributed by atoms with Crippen LogP contribution >= 0.6 is 25.3 Å². The Morgan fingerprint density at radius 1 is 1.17 bits per heavy atom. The average molecular weight is 202 g/mol. The zero-order chi connectivity index (χ0) is 9.20. The maximum Gasteiger partial charge on any atom is 0.0590 e. The topological polar surface area (TPSA) is 0 Å². The van der Waals surface area contributed by atoms with Crippen molar-refractivity contribution in [2.24, 2.45) is 16.7 Å². The molecule has 2 fully saturated rings. The molecule has 0 nitrogen and oxygen atoms in total. The quantitative estimate of drug-likeness (QED) is 0.436. The van der Waals surface area contributed by atoms with Gasteiger partial charge in [-0.2, -0.15) is 25.3 Å². The minimum Gasteiger partial charge on any atom is -0.161 e. The van der Waals surface area contributed by atoms with Crippen LogP contribution in [-0.2, 0) is 0 Å². The van der Waals surface area contributed by atoms with E-state index in [0.717, 1.165) is 0 Å². The molecule has 0 saturated heterocycles. The largest absolute Gasteiger partial charge is 0.161 e. The molecule has 2 heteroatoms. The van der Waals surface area contributed by atoms with Gasteiger partial charge in [0, 0.05) is 0 Å². The zero-order valence-electron chi connectivity index (χ0n) is 8.09. The van der Waals surface area contributed by atoms with Gasteiger partial charge in [-0.1, -0.05) is 20.8 Å². The molecule has 2 aliphatic rings. The summed E-state index contributed by atoms with van der Waals surface area (Å²) in [5, 5.41) is 0. The van der Waals surface area contributed by atoms with Crippen LogP contribution in [0.4, 0.5) is 0 Å². The molecule has 12 heavy (non-hydrogen) atoms. The molecule has 0 heterocycles. The minimum atomic E-state index is -0.00347. The fraction of sp³-hybridized carbons (Fsp3) is 1.00. The van der Waals surface area contributed by atoms with Crippen LogP contribution in [-0.4, -0.2) is 4.08 Å². The smallest absolute Gasteiger partial charge is 0.0590 e. The molecule has 0 radical (unpaired) electrons. The number of fused-ring (bicyclic) bond motifs is 2. The van der Waals surface area contributed by atoms with E-state index in [9.17, 15) is 0 Å². The predicted octanol–water partition coefficient (Wildman–Crippen LogP) is 3.39. The van der Waals surface area contributed by atoms with Gasteiger partial charge in [-0.15, -0.1) is 0 Å². The van der Waals surface area contributed by atoms with Crippen LogP contribution < -0.4 is 0 Å². The van der Waals surface area contributed by atoms with Crippen molar-refractivity contribution in [3.05, 3.63) is 0 Å². The summed E-state index contributed by atoms with van der Waals surface area (Å²) >= 11 is 9.37. The van der Waals surface area contributed by atoms with Crippen molar-refractivity contribution in [2.45, 2.75) is 44.1 Å². The van der Waals surface area contributed by atoms with Gasteiger partial charge in [-0.05, 0) is 36.0 Å². The van der Waals surface area contributed by atoms with Gasteiger partial charge in [-0.25, -0.2) is 0 Å². The van der Waals surface area contributed by atoms with Crippen molar-refractivity contribution in [1.82, 2.24) is 0 Å². The van der Waals surface area contributed by atoms with Crippen LogP contribution in [0.25, 0.3) is 0 Å². The molecular formula is C10H18S2. The Bertz CT molecular complexity index is 217. The van der Waals surface area contributed by atoms with Gasteiger partial charge < -0.3 is 0 Å². The molecule has 0 amide bonds. The van der Waals surface area contributed by atoms with Crippen LogP contribution in [0, 0.1) is 16.7 Å². The van der Waals surface area contributed by atoms with E-state index in [0.29, 0.717) is 16.7 Å². The van der Waals surface area contributed by atoms with E-state index in [4.69, 9.17) is 0 Å². The maximum atomic E-state index is 4.69. The van der Waals surface area contributed by atoms with Crippen LogP contribution in [0.1, 0.15) is 40.0 Å². The Morgan fingerprint density at radius 2 is 1.75 bits per heavy atom. The Hall–Kier alpha value is 0.700. The Morgan fingerprint density at radius 3 is 1.92 bits per heavy atom. The molecule has 2 rings (SSSR count). The Balaban J connectivity index is 2.43. The van der Waals surface area contributed by atoms with Gasteiger partial charge >= 0.3 is 0 Å². The van der Waals surface area contributed by atoms with E-state index < -0.39 is 0 Å². The number of rotatable bonds is 0. The predicted molar refractivity (Wildman–Crippen MR) is 59.9 cm³/mol. The molecule has 2 aliphatic carbocycles. The van der Waals surface area contributed by atoms with E-state index in [2.05, 4.69) is 46.0 Å². The standard InChI is InChI=1S/C10H18S2/c1-8(2)7-4-5-9(8,3)6-10(7,11)12/h7,11-12H,4-6H2,1-3H3. The van der Waals surface area contributed by atoms with Crippen molar-refractivity contribution < 1.29 is 0 Å². The first-order valence-electron chi connectivity index (χ1n) is 4.74. The zero-order valence-corrected chi connectivity index (χ0v) is 9.88. The van der Waals surface area contributed by atoms with E-state index in [1.54, 1.807) is 0 Å². The van der Waals surface area contributed by atoms with Gasteiger partial charge in [0.2, 0.25) is 0 Å². The lowest BCUT2D eigenvalue weighted by atomic mass is 9.71. The van der Waals surface area contributed by atoms with E-state index >= 15 is 0 Å². The lowest BCUT2D eigenvalue weighted by molar-refractivity contribution is 0.152. The fourth-order valence-corrected chi connectivity index (χ4v) is 4.99. The van der Waals surface area contributed by atoms with Crippen molar-refractivity contribution >= 4 is 25.3 Å². The second-order valence-electron chi connectivity index (χ2n) is 5.43. The van der Waals surface area contributed by atoms with Gasteiger partial charge in [0.1, 0.15) is 0 Å². The van der Waals surface area contributed by atoms with E-state index in [1.165, 1.54) is 19.3 Å². The third-order valence-electron chi connectivity index (χ3n) is 4.62. The lowest BCUT2D eigenvalue weighted by Gasteiger charge is -2.33. The van der Waals surface area contributed by atoms with Gasteiger partial charge in [-0.3, -0.25) is 0 Å². The molecule has 2 bridgehead atoms. The first-order valence-corrected chi connectivity index (χ1v) is 5.64. The normalized spacial score (nSPS) is 48.2. The second kappa shape index (κ2) is 2.20. The number of thiol groups is 2. The summed E-state index contributed by atoms with van der Waals surface area (Å²) in [6.45, 7) is 7.18. The summed E-state index contributed by atoms with van der Waals surface area (Å²) in [5.41, 5.74) is 0.928. The van der Waals surface area contributed by atoms with Crippen molar-refractivity contribution in [1.29, 1.82) is 0 Å². The van der Waals surface area contributed by atoms with Gasteiger partial charge in [0.25, 0.3) is 0 Å². The van der Waals surface area contributed by atoms with Crippen LogP contribution in [0.5, 0.6) is 0 Å². The number of hydrogen-bond donors (Lipinski definition) is 2. The Labute approximate surface area is 86.3 Å². The summed E-state index contributed by atoms with van der Waals surface area (Å²) in [7, 11) is 0. The molecule has 0 aromatic rings. The highest BCUT2D eigenvalue weighted by atomic mass is 32.2. The SMILES string of the molecule is CC12CCC(C(S)(S)C1)C2(C)C. The molecule has 0 spiro atoms. The van der Waals surface area contributed by atoms with Crippen LogP contribution in [0.3, 0.4) is 0 Å². The summed E-state index contributed by atoms with van der Waals surface area (Å²) in [5.74, 6) is 0.696. The Kier molecular flexibility index (Phi) is 1.69. The molecular weight excluding hydrogens is 184 g/mol. The first-order chi connectivity index (χ1) is 5.30. The summed E-state index contributed by atoms with van der Waals surface area (Å²) < 4.78 is -0.00347. The highest BCUT2D eigenvalue weighted by Crippen LogP contribution is 2.71. The molecule has 0 aromatic heterocycles. The van der Waals surface area contributed by atoms with Crippen molar-refractivity contribution in [3.63, 3.8) is 0 Å². The molecule has 2 unspecified atom stereocenters. The van der Waals surface area contributed by atoms with Crippen LogP contribution in [0.15, 0.2) is 0 Å². The van der Waals surface area contributed by atoms with Crippen molar-refractivity contribution in [2.75, 3.05) is 0 Å². The summed E-state index contributed by atoms with van der Waals surface area (Å²) in [4.78, 5) is 0. The summed E-state index contributed by atoms with van der Waals surface area (Å²) in [6.07, 6.45) is 3.86. The van der Waals surface area contributed by atoms with Crippen molar-refractivity contribution in [3.8, 4) is 0 Å². The first kappa shape index (κ1) is 9.26.